The summed E-state index contributed by atoms with van der Waals surface area (Å²) in [4.78, 5) is 13.5. The van der Waals surface area contributed by atoms with Gasteiger partial charge in [-0.25, -0.2) is 4.79 Å². The average molecular weight is 382 g/mol. The van der Waals surface area contributed by atoms with Crippen LogP contribution in [0.15, 0.2) is 35.9 Å². The first-order valence-electron chi connectivity index (χ1n) is 9.92. The molecule has 1 N–H and O–H groups in total. The highest BCUT2D eigenvalue weighted by Crippen LogP contribution is 2.54. The molecule has 0 unspecified atom stereocenters. The van der Waals surface area contributed by atoms with E-state index in [0.717, 1.165) is 30.5 Å². The summed E-state index contributed by atoms with van der Waals surface area (Å²) in [6.45, 7) is 3.42. The number of hydrogen-bond acceptors (Lipinski definition) is 5. The van der Waals surface area contributed by atoms with Crippen LogP contribution < -0.4 is 5.32 Å². The highest BCUT2D eigenvalue weighted by Gasteiger charge is 2.63. The Kier molecular flexibility index (Phi) is 4.12. The van der Waals surface area contributed by atoms with Crippen LogP contribution in [0.25, 0.3) is 10.9 Å². The number of benzene rings is 1. The van der Waals surface area contributed by atoms with Crippen molar-refractivity contribution in [1.29, 1.82) is 0 Å². The number of para-hydroxylation sites is 1. The highest BCUT2D eigenvalue weighted by atomic mass is 16.7. The molecule has 0 amide bonds. The van der Waals surface area contributed by atoms with Crippen molar-refractivity contribution in [2.24, 2.45) is 5.92 Å². The molecule has 148 valence electrons. The maximum absolute atomic E-state index is 13.5. The van der Waals surface area contributed by atoms with Gasteiger partial charge in [-0.1, -0.05) is 24.3 Å². The number of carbonyl (C=O) groups excluding carboxylic acids is 1. The molecule has 28 heavy (non-hydrogen) atoms. The van der Waals surface area contributed by atoms with Gasteiger partial charge in [-0.3, -0.25) is 0 Å². The summed E-state index contributed by atoms with van der Waals surface area (Å²) in [6.07, 6.45) is 3.13. The Balaban J connectivity index is 1.92. The summed E-state index contributed by atoms with van der Waals surface area (Å²) in [5.74, 6) is -0.369. The van der Waals surface area contributed by atoms with Crippen LogP contribution in [0, 0.1) is 5.92 Å². The first-order valence-corrected chi connectivity index (χ1v) is 9.92. The van der Waals surface area contributed by atoms with Crippen molar-refractivity contribution in [1.82, 2.24) is 9.88 Å². The van der Waals surface area contributed by atoms with Crippen molar-refractivity contribution in [3.05, 3.63) is 47.2 Å². The molecule has 0 spiro atoms. The van der Waals surface area contributed by atoms with Crippen LogP contribution in [0.3, 0.4) is 0 Å². The van der Waals surface area contributed by atoms with Gasteiger partial charge in [0.25, 0.3) is 0 Å². The molecule has 0 saturated carbocycles. The van der Waals surface area contributed by atoms with Gasteiger partial charge in [0.05, 0.1) is 13.7 Å². The summed E-state index contributed by atoms with van der Waals surface area (Å²) in [7, 11) is 3.06. The lowest BCUT2D eigenvalue weighted by molar-refractivity contribution is -0.229. The van der Waals surface area contributed by atoms with Crippen LogP contribution in [-0.4, -0.2) is 44.2 Å². The Morgan fingerprint density at radius 3 is 2.93 bits per heavy atom. The zero-order valence-electron chi connectivity index (χ0n) is 16.5. The molecule has 4 heterocycles. The van der Waals surface area contributed by atoms with E-state index in [9.17, 15) is 4.79 Å². The molecule has 0 aliphatic carbocycles. The number of esters is 1. The van der Waals surface area contributed by atoms with E-state index < -0.39 is 11.8 Å². The van der Waals surface area contributed by atoms with Crippen LogP contribution in [0.1, 0.15) is 30.6 Å². The van der Waals surface area contributed by atoms with Crippen molar-refractivity contribution in [3.8, 4) is 0 Å². The van der Waals surface area contributed by atoms with E-state index in [1.807, 2.05) is 13.0 Å². The molecule has 3 aliphatic rings. The Bertz CT molecular complexity index is 978. The molecule has 6 heteroatoms. The van der Waals surface area contributed by atoms with Gasteiger partial charge in [-0.05, 0) is 43.5 Å². The van der Waals surface area contributed by atoms with Gasteiger partial charge in [0.2, 0.25) is 0 Å². The smallest absolute Gasteiger partial charge is 0.338 e. The summed E-state index contributed by atoms with van der Waals surface area (Å²) < 4.78 is 19.5. The first kappa shape index (κ1) is 17.9. The molecule has 5 rings (SSSR count). The maximum atomic E-state index is 13.5. The molecule has 3 aliphatic heterocycles. The monoisotopic (exact) mass is 382 g/mol. The number of carbonyl (C=O) groups is 1. The SMILES string of the molecule is C/C=C1/CO[C@@H](OC)[C@]2(C(=O)OC)[C@H]1C[C@@H]1NCCc3c1n2c1ccccc31. The predicted octanol–water partition coefficient (Wildman–Crippen LogP) is 2.67. The van der Waals surface area contributed by atoms with Gasteiger partial charge >= 0.3 is 5.97 Å². The number of fused-ring (bicyclic) bond motifs is 5. The van der Waals surface area contributed by atoms with Crippen molar-refractivity contribution in [3.63, 3.8) is 0 Å². The second-order valence-electron chi connectivity index (χ2n) is 7.82. The third kappa shape index (κ3) is 2.05. The normalized spacial score (nSPS) is 32.8. The summed E-state index contributed by atoms with van der Waals surface area (Å²) in [6, 6.07) is 8.53. The molecule has 2 aromatic rings. The summed E-state index contributed by atoms with van der Waals surface area (Å²) in [5, 5.41) is 4.88. The summed E-state index contributed by atoms with van der Waals surface area (Å²) in [5.41, 5.74) is 3.59. The minimum atomic E-state index is -1.08. The van der Waals surface area contributed by atoms with Crippen LogP contribution >= 0.6 is 0 Å². The predicted molar refractivity (Wildman–Crippen MR) is 105 cm³/mol. The fraction of sp³-hybridized carbons (Fsp3) is 0.500. The molecule has 1 fully saturated rings. The standard InChI is InChI=1S/C22H26N2O4/c1-4-13-12-28-21(27-3)22(20(25)26-2)16(13)11-17-19-15(9-10-23-17)14-7-5-6-8-18(14)24(19)22/h4-8,16-17,21,23H,9-12H2,1-3H3/b13-4-/t16-,17-,21+,22+/m0/s1. The van der Waals surface area contributed by atoms with Crippen LogP contribution in [-0.2, 0) is 31.0 Å². The lowest BCUT2D eigenvalue weighted by Gasteiger charge is -2.53. The van der Waals surface area contributed by atoms with E-state index in [1.54, 1.807) is 7.11 Å². The number of aromatic nitrogens is 1. The number of allylic oxidation sites excluding steroid dienone is 1. The lowest BCUT2D eigenvalue weighted by Crippen LogP contribution is -2.65. The topological polar surface area (TPSA) is 61.7 Å². The van der Waals surface area contributed by atoms with Crippen molar-refractivity contribution < 1.29 is 19.0 Å². The van der Waals surface area contributed by atoms with Crippen molar-refractivity contribution >= 4 is 16.9 Å². The Labute approximate surface area is 164 Å². The number of nitrogens with one attached hydrogen (secondary N) is 1. The number of methoxy groups -OCH3 is 2. The molecular weight excluding hydrogens is 356 g/mol. The number of hydrogen-bond donors (Lipinski definition) is 1. The van der Waals surface area contributed by atoms with Crippen LogP contribution in [0.4, 0.5) is 0 Å². The Hall–Kier alpha value is -2.15. The zero-order chi connectivity index (χ0) is 19.5. The van der Waals surface area contributed by atoms with E-state index >= 15 is 0 Å². The quantitative estimate of drug-likeness (QED) is 0.639. The molecule has 6 nitrogen and oxygen atoms in total. The minimum Gasteiger partial charge on any atom is -0.467 e. The second-order valence-corrected chi connectivity index (χ2v) is 7.82. The highest BCUT2D eigenvalue weighted by molar-refractivity contribution is 5.91. The first-order chi connectivity index (χ1) is 13.7. The Morgan fingerprint density at radius 2 is 2.18 bits per heavy atom. The lowest BCUT2D eigenvalue weighted by atomic mass is 9.69. The van der Waals surface area contributed by atoms with Gasteiger partial charge in [-0.15, -0.1) is 0 Å². The fourth-order valence-corrected chi connectivity index (χ4v) is 5.72. The maximum Gasteiger partial charge on any atom is 0.338 e. The van der Waals surface area contributed by atoms with E-state index in [0.29, 0.717) is 6.61 Å². The molecule has 1 aromatic carbocycles. The third-order valence-electron chi connectivity index (χ3n) is 6.79. The summed E-state index contributed by atoms with van der Waals surface area (Å²) >= 11 is 0. The molecule has 0 bridgehead atoms. The zero-order valence-corrected chi connectivity index (χ0v) is 16.5. The van der Waals surface area contributed by atoms with E-state index in [1.165, 1.54) is 23.8 Å². The molecule has 1 aromatic heterocycles. The molecular formula is C22H26N2O4. The van der Waals surface area contributed by atoms with Gasteiger partial charge in [0.15, 0.2) is 11.8 Å². The van der Waals surface area contributed by atoms with Gasteiger partial charge in [0.1, 0.15) is 0 Å². The molecule has 1 saturated heterocycles. The van der Waals surface area contributed by atoms with Gasteiger partial charge in [-0.2, -0.15) is 0 Å². The van der Waals surface area contributed by atoms with Crippen molar-refractivity contribution in [2.75, 3.05) is 27.4 Å². The number of rotatable bonds is 2. The van der Waals surface area contributed by atoms with E-state index in [-0.39, 0.29) is 17.9 Å². The van der Waals surface area contributed by atoms with Gasteiger partial charge < -0.3 is 24.1 Å². The molecule has 0 radical (unpaired) electrons. The third-order valence-corrected chi connectivity index (χ3v) is 6.79. The number of ether oxygens (including phenoxy) is 3. The average Bonchev–Trinajstić information content (AvgIpc) is 3.09. The second kappa shape index (κ2) is 6.44. The van der Waals surface area contributed by atoms with Crippen molar-refractivity contribution in [2.45, 2.75) is 37.6 Å². The fourth-order valence-electron chi connectivity index (χ4n) is 5.72. The van der Waals surface area contributed by atoms with E-state index in [4.69, 9.17) is 14.2 Å². The number of nitrogens with zero attached hydrogens (tertiary/aromatic N) is 1. The Morgan fingerprint density at radius 1 is 1.36 bits per heavy atom. The van der Waals surface area contributed by atoms with Crippen LogP contribution in [0.5, 0.6) is 0 Å². The molecule has 4 atom stereocenters. The van der Waals surface area contributed by atoms with E-state index in [2.05, 4.69) is 34.2 Å². The minimum absolute atomic E-state index is 0.0598. The van der Waals surface area contributed by atoms with Crippen LogP contribution in [0.2, 0.25) is 0 Å². The van der Waals surface area contributed by atoms with Gasteiger partial charge in [0, 0.05) is 35.7 Å². The largest absolute Gasteiger partial charge is 0.467 e.